The average Bonchev–Trinajstić information content (AvgIpc) is 2.72. The number of aromatic nitrogens is 1. The third kappa shape index (κ3) is 2.61. The summed E-state index contributed by atoms with van der Waals surface area (Å²) in [4.78, 5) is 32.5. The van der Waals surface area contributed by atoms with Gasteiger partial charge in [-0.05, 0) is 24.3 Å². The Bertz CT molecular complexity index is 856. The Morgan fingerprint density at radius 2 is 2.00 bits per heavy atom. The Labute approximate surface area is 139 Å². The van der Waals surface area contributed by atoms with Gasteiger partial charge in [-0.1, -0.05) is 19.1 Å². The highest BCUT2D eigenvalue weighted by Crippen LogP contribution is 2.34. The predicted molar refractivity (Wildman–Crippen MR) is 89.6 cm³/mol. The lowest BCUT2D eigenvalue weighted by molar-refractivity contribution is -0.121. The first-order valence-electron chi connectivity index (χ1n) is 7.57. The SMILES string of the molecule is CC1CN(C(=O)c2ccnc(C#N)c2)c2ccccc2N(C)C1=O. The molecule has 0 spiro atoms. The van der Waals surface area contributed by atoms with Crippen LogP contribution in [0.5, 0.6) is 0 Å². The Morgan fingerprint density at radius 1 is 1.29 bits per heavy atom. The molecule has 6 nitrogen and oxygen atoms in total. The molecule has 0 aliphatic carbocycles. The molecule has 1 aliphatic heterocycles. The van der Waals surface area contributed by atoms with E-state index < -0.39 is 0 Å². The lowest BCUT2D eigenvalue weighted by Gasteiger charge is -2.24. The van der Waals surface area contributed by atoms with Crippen molar-refractivity contribution in [2.75, 3.05) is 23.4 Å². The zero-order chi connectivity index (χ0) is 17.3. The number of hydrogen-bond donors (Lipinski definition) is 0. The zero-order valence-corrected chi connectivity index (χ0v) is 13.4. The molecule has 1 aromatic heterocycles. The van der Waals surface area contributed by atoms with Crippen LogP contribution >= 0.6 is 0 Å². The summed E-state index contributed by atoms with van der Waals surface area (Å²) in [6.07, 6.45) is 1.44. The van der Waals surface area contributed by atoms with Crippen LogP contribution in [-0.4, -0.2) is 30.4 Å². The van der Waals surface area contributed by atoms with E-state index in [9.17, 15) is 9.59 Å². The summed E-state index contributed by atoms with van der Waals surface area (Å²) in [6, 6.07) is 12.3. The smallest absolute Gasteiger partial charge is 0.258 e. The Kier molecular flexibility index (Phi) is 4.00. The first-order valence-corrected chi connectivity index (χ1v) is 7.57. The lowest BCUT2D eigenvalue weighted by atomic mass is 10.1. The highest BCUT2D eigenvalue weighted by molar-refractivity contribution is 6.11. The van der Waals surface area contributed by atoms with E-state index in [0.717, 1.165) is 0 Å². The number of pyridine rings is 1. The number of carbonyl (C=O) groups is 2. The molecule has 1 aromatic carbocycles. The highest BCUT2D eigenvalue weighted by atomic mass is 16.2. The summed E-state index contributed by atoms with van der Waals surface area (Å²) in [5.74, 6) is -0.620. The second-order valence-electron chi connectivity index (χ2n) is 5.74. The van der Waals surface area contributed by atoms with Crippen LogP contribution in [-0.2, 0) is 4.79 Å². The Balaban J connectivity index is 2.09. The first-order chi connectivity index (χ1) is 11.5. The fourth-order valence-corrected chi connectivity index (χ4v) is 2.85. The molecule has 0 radical (unpaired) electrons. The molecule has 2 amide bonds. The molecule has 0 saturated heterocycles. The zero-order valence-electron chi connectivity index (χ0n) is 13.4. The molecular formula is C18H16N4O2. The summed E-state index contributed by atoms with van der Waals surface area (Å²) >= 11 is 0. The number of rotatable bonds is 1. The van der Waals surface area contributed by atoms with E-state index in [2.05, 4.69) is 4.98 Å². The number of benzene rings is 1. The maximum atomic E-state index is 13.0. The fourth-order valence-electron chi connectivity index (χ4n) is 2.85. The summed E-state index contributed by atoms with van der Waals surface area (Å²) in [7, 11) is 1.71. The van der Waals surface area contributed by atoms with E-state index in [1.54, 1.807) is 29.8 Å². The number of nitriles is 1. The number of anilines is 2. The van der Waals surface area contributed by atoms with Gasteiger partial charge >= 0.3 is 0 Å². The molecule has 2 heterocycles. The van der Waals surface area contributed by atoms with Crippen LogP contribution in [0.4, 0.5) is 11.4 Å². The summed E-state index contributed by atoms with van der Waals surface area (Å²) in [5.41, 5.74) is 1.93. The van der Waals surface area contributed by atoms with Crippen LogP contribution in [0, 0.1) is 17.2 Å². The first kappa shape index (κ1) is 15.7. The van der Waals surface area contributed by atoms with Crippen molar-refractivity contribution >= 4 is 23.2 Å². The molecule has 24 heavy (non-hydrogen) atoms. The largest absolute Gasteiger partial charge is 0.313 e. The van der Waals surface area contributed by atoms with Gasteiger partial charge in [0, 0.05) is 25.4 Å². The molecule has 0 saturated carbocycles. The Morgan fingerprint density at radius 3 is 2.71 bits per heavy atom. The minimum atomic E-state index is -0.330. The number of fused-ring (bicyclic) bond motifs is 1. The molecule has 2 aromatic rings. The van der Waals surface area contributed by atoms with Crippen LogP contribution in [0.3, 0.4) is 0 Å². The van der Waals surface area contributed by atoms with E-state index in [1.807, 2.05) is 30.3 Å². The third-order valence-corrected chi connectivity index (χ3v) is 4.11. The van der Waals surface area contributed by atoms with Crippen molar-refractivity contribution in [2.24, 2.45) is 5.92 Å². The van der Waals surface area contributed by atoms with E-state index in [4.69, 9.17) is 5.26 Å². The van der Waals surface area contributed by atoms with Gasteiger partial charge in [-0.2, -0.15) is 5.26 Å². The van der Waals surface area contributed by atoms with Crippen LogP contribution in [0.1, 0.15) is 23.0 Å². The molecule has 6 heteroatoms. The molecule has 1 aliphatic rings. The molecule has 1 unspecified atom stereocenters. The molecular weight excluding hydrogens is 304 g/mol. The van der Waals surface area contributed by atoms with Crippen molar-refractivity contribution in [1.82, 2.24) is 4.98 Å². The number of hydrogen-bond acceptors (Lipinski definition) is 4. The summed E-state index contributed by atoms with van der Waals surface area (Å²) < 4.78 is 0. The number of para-hydroxylation sites is 2. The quantitative estimate of drug-likeness (QED) is 0.807. The van der Waals surface area contributed by atoms with Crippen molar-refractivity contribution in [2.45, 2.75) is 6.92 Å². The van der Waals surface area contributed by atoms with Gasteiger partial charge in [-0.15, -0.1) is 0 Å². The van der Waals surface area contributed by atoms with Crippen molar-refractivity contribution in [3.63, 3.8) is 0 Å². The van der Waals surface area contributed by atoms with Crippen molar-refractivity contribution < 1.29 is 9.59 Å². The monoisotopic (exact) mass is 320 g/mol. The van der Waals surface area contributed by atoms with Gasteiger partial charge in [0.2, 0.25) is 5.91 Å². The van der Waals surface area contributed by atoms with Gasteiger partial charge in [0.15, 0.2) is 0 Å². The number of carbonyl (C=O) groups excluding carboxylic acids is 2. The summed E-state index contributed by atoms with van der Waals surface area (Å²) in [6.45, 7) is 2.08. The second-order valence-corrected chi connectivity index (χ2v) is 5.74. The molecule has 120 valence electrons. The van der Waals surface area contributed by atoms with Crippen molar-refractivity contribution in [1.29, 1.82) is 5.26 Å². The highest BCUT2D eigenvalue weighted by Gasteiger charge is 2.32. The summed E-state index contributed by atoms with van der Waals surface area (Å²) in [5, 5.41) is 8.98. The predicted octanol–water partition coefficient (Wildman–Crippen LogP) is 2.21. The van der Waals surface area contributed by atoms with Gasteiger partial charge < -0.3 is 9.80 Å². The fraction of sp³-hybridized carbons (Fsp3) is 0.222. The van der Waals surface area contributed by atoms with Gasteiger partial charge in [0.05, 0.1) is 17.3 Å². The van der Waals surface area contributed by atoms with Crippen molar-refractivity contribution in [3.05, 3.63) is 53.9 Å². The van der Waals surface area contributed by atoms with Crippen LogP contribution in [0.15, 0.2) is 42.6 Å². The Hall–Kier alpha value is -3.20. The topological polar surface area (TPSA) is 77.3 Å². The minimum absolute atomic E-state index is 0.0369. The normalized spacial score (nSPS) is 17.0. The molecule has 1 atom stereocenters. The molecule has 3 rings (SSSR count). The van der Waals surface area contributed by atoms with Gasteiger partial charge in [0.1, 0.15) is 11.8 Å². The van der Waals surface area contributed by atoms with E-state index in [1.165, 1.54) is 12.3 Å². The standard InChI is InChI=1S/C18H16N4O2/c1-12-11-22(18(24)13-7-8-20-14(9-13)10-19)16-6-4-3-5-15(16)21(2)17(12)23/h3-9,12H,11H2,1-2H3. The van der Waals surface area contributed by atoms with Gasteiger partial charge in [-0.25, -0.2) is 4.98 Å². The molecule has 0 fully saturated rings. The van der Waals surface area contributed by atoms with Crippen LogP contribution in [0.25, 0.3) is 0 Å². The van der Waals surface area contributed by atoms with Crippen LogP contribution in [0.2, 0.25) is 0 Å². The maximum absolute atomic E-state index is 13.0. The lowest BCUT2D eigenvalue weighted by Crippen LogP contribution is -2.37. The van der Waals surface area contributed by atoms with E-state index in [-0.39, 0.29) is 30.0 Å². The minimum Gasteiger partial charge on any atom is -0.313 e. The number of nitrogens with zero attached hydrogens (tertiary/aromatic N) is 4. The van der Waals surface area contributed by atoms with Gasteiger partial charge in [-0.3, -0.25) is 9.59 Å². The van der Waals surface area contributed by atoms with E-state index >= 15 is 0 Å². The maximum Gasteiger partial charge on any atom is 0.258 e. The average molecular weight is 320 g/mol. The van der Waals surface area contributed by atoms with Gasteiger partial charge in [0.25, 0.3) is 5.91 Å². The van der Waals surface area contributed by atoms with Crippen molar-refractivity contribution in [3.8, 4) is 6.07 Å². The number of amides is 2. The molecule has 0 N–H and O–H groups in total. The van der Waals surface area contributed by atoms with Crippen LogP contribution < -0.4 is 9.80 Å². The molecule has 0 bridgehead atoms. The second kappa shape index (κ2) is 6.13. The third-order valence-electron chi connectivity index (χ3n) is 4.11. The van der Waals surface area contributed by atoms with E-state index in [0.29, 0.717) is 16.9 Å².